The van der Waals surface area contributed by atoms with Crippen LogP contribution >= 0.6 is 11.8 Å². The number of aromatic nitrogens is 3. The van der Waals surface area contributed by atoms with Crippen LogP contribution in [-0.4, -0.2) is 21.6 Å². The van der Waals surface area contributed by atoms with Gasteiger partial charge in [-0.1, -0.05) is 42.1 Å². The fraction of sp³-hybridized carbons (Fsp3) is 0.136. The maximum atomic E-state index is 13.1. The molecule has 2 heterocycles. The van der Waals surface area contributed by atoms with Crippen LogP contribution in [0.2, 0.25) is 0 Å². The lowest BCUT2D eigenvalue weighted by molar-refractivity contribution is 0.414. The fourth-order valence-corrected chi connectivity index (χ4v) is 3.87. The van der Waals surface area contributed by atoms with E-state index in [1.807, 2.05) is 66.7 Å². The molecule has 5 nitrogen and oxygen atoms in total. The first kappa shape index (κ1) is 18.3. The van der Waals surface area contributed by atoms with E-state index in [0.29, 0.717) is 28.4 Å². The molecule has 0 fully saturated rings. The molecule has 0 bridgehead atoms. The van der Waals surface area contributed by atoms with Gasteiger partial charge in [-0.05, 0) is 42.0 Å². The second-order valence-electron chi connectivity index (χ2n) is 6.26. The lowest BCUT2D eigenvalue weighted by Gasteiger charge is -2.13. The summed E-state index contributed by atoms with van der Waals surface area (Å²) in [6.45, 7) is 0.391. The van der Waals surface area contributed by atoms with Crippen LogP contribution in [0, 0.1) is 0 Å². The number of nitrogens with zero attached hydrogens (tertiary/aromatic N) is 3. The summed E-state index contributed by atoms with van der Waals surface area (Å²) < 4.78 is 6.92. The summed E-state index contributed by atoms with van der Waals surface area (Å²) in [6.07, 6.45) is 1.74. The average Bonchev–Trinajstić information content (AvgIpc) is 2.75. The van der Waals surface area contributed by atoms with Crippen molar-refractivity contribution in [3.05, 3.63) is 94.5 Å². The first-order valence-electron chi connectivity index (χ1n) is 8.90. The normalized spacial score (nSPS) is 10.9. The highest BCUT2D eigenvalue weighted by atomic mass is 32.2. The topological polar surface area (TPSA) is 57.0 Å². The summed E-state index contributed by atoms with van der Waals surface area (Å²) in [7, 11) is 1.65. The molecule has 4 rings (SSSR count). The lowest BCUT2D eigenvalue weighted by Crippen LogP contribution is -2.24. The van der Waals surface area contributed by atoms with E-state index >= 15 is 0 Å². The van der Waals surface area contributed by atoms with E-state index < -0.39 is 0 Å². The average molecular weight is 389 g/mol. The molecule has 0 aliphatic rings. The highest BCUT2D eigenvalue weighted by Crippen LogP contribution is 2.24. The van der Waals surface area contributed by atoms with Gasteiger partial charge in [-0.15, -0.1) is 0 Å². The number of thioether (sulfide) groups is 1. The van der Waals surface area contributed by atoms with Crippen LogP contribution in [0.4, 0.5) is 0 Å². The molecule has 0 N–H and O–H groups in total. The maximum Gasteiger partial charge on any atom is 0.262 e. The molecule has 28 heavy (non-hydrogen) atoms. The third-order valence-corrected chi connectivity index (χ3v) is 5.45. The van der Waals surface area contributed by atoms with Crippen LogP contribution in [0.25, 0.3) is 10.9 Å². The lowest BCUT2D eigenvalue weighted by atomic mass is 10.2. The van der Waals surface area contributed by atoms with E-state index in [1.54, 1.807) is 29.6 Å². The molecule has 0 aliphatic heterocycles. The van der Waals surface area contributed by atoms with Gasteiger partial charge in [0.25, 0.3) is 5.56 Å². The van der Waals surface area contributed by atoms with E-state index in [1.165, 1.54) is 0 Å². The van der Waals surface area contributed by atoms with Gasteiger partial charge in [0.1, 0.15) is 5.75 Å². The molecule has 2 aromatic heterocycles. The molecule has 4 aromatic rings. The molecular weight excluding hydrogens is 370 g/mol. The summed E-state index contributed by atoms with van der Waals surface area (Å²) in [5, 5.41) is 1.30. The van der Waals surface area contributed by atoms with Gasteiger partial charge in [0.05, 0.1) is 30.3 Å². The van der Waals surface area contributed by atoms with E-state index in [4.69, 9.17) is 9.72 Å². The van der Waals surface area contributed by atoms with Crippen molar-refractivity contribution in [1.29, 1.82) is 0 Å². The number of benzene rings is 2. The Kier molecular flexibility index (Phi) is 5.39. The predicted octanol–water partition coefficient (Wildman–Crippen LogP) is 4.14. The van der Waals surface area contributed by atoms with Crippen molar-refractivity contribution >= 4 is 22.7 Å². The summed E-state index contributed by atoms with van der Waals surface area (Å²) in [6, 6.07) is 21.1. The molecule has 0 aliphatic carbocycles. The number of ether oxygens (including phenoxy) is 1. The third kappa shape index (κ3) is 3.92. The molecule has 0 unspecified atom stereocenters. The SMILES string of the molecule is COc1ccc(CSc2nc3ccccc3c(=O)n2Cc2ccccn2)cc1. The van der Waals surface area contributed by atoms with E-state index in [-0.39, 0.29) is 5.56 Å². The number of rotatable bonds is 6. The van der Waals surface area contributed by atoms with Crippen molar-refractivity contribution < 1.29 is 4.74 Å². The zero-order chi connectivity index (χ0) is 19.3. The van der Waals surface area contributed by atoms with Crippen LogP contribution in [0.5, 0.6) is 5.75 Å². The molecule has 0 saturated carbocycles. The van der Waals surface area contributed by atoms with Gasteiger partial charge in [-0.3, -0.25) is 14.3 Å². The molecule has 0 saturated heterocycles. The first-order valence-corrected chi connectivity index (χ1v) is 9.88. The van der Waals surface area contributed by atoms with Crippen LogP contribution in [0.1, 0.15) is 11.3 Å². The first-order chi connectivity index (χ1) is 13.7. The number of fused-ring (bicyclic) bond motifs is 1. The summed E-state index contributed by atoms with van der Waals surface area (Å²) in [5.74, 6) is 1.53. The van der Waals surface area contributed by atoms with Gasteiger partial charge >= 0.3 is 0 Å². The number of hydrogen-bond donors (Lipinski definition) is 0. The molecule has 0 atom stereocenters. The zero-order valence-electron chi connectivity index (χ0n) is 15.4. The standard InChI is InChI=1S/C22H19N3O2S/c1-27-18-11-9-16(10-12-18)15-28-22-24-20-8-3-2-7-19(20)21(26)25(22)14-17-6-4-5-13-23-17/h2-13H,14-15H2,1H3. The highest BCUT2D eigenvalue weighted by molar-refractivity contribution is 7.98. The Labute approximate surface area is 167 Å². The molecule has 6 heteroatoms. The quantitative estimate of drug-likeness (QED) is 0.366. The van der Waals surface area contributed by atoms with Crippen molar-refractivity contribution in [2.45, 2.75) is 17.5 Å². The smallest absolute Gasteiger partial charge is 0.262 e. The monoisotopic (exact) mass is 389 g/mol. The molecule has 2 aromatic carbocycles. The second-order valence-corrected chi connectivity index (χ2v) is 7.20. The van der Waals surface area contributed by atoms with Gasteiger partial charge in [0, 0.05) is 11.9 Å². The fourth-order valence-electron chi connectivity index (χ4n) is 2.92. The summed E-state index contributed by atoms with van der Waals surface area (Å²) >= 11 is 1.55. The maximum absolute atomic E-state index is 13.1. The Morgan fingerprint density at radius 3 is 2.54 bits per heavy atom. The van der Waals surface area contributed by atoms with Gasteiger partial charge in [0.15, 0.2) is 5.16 Å². The number of methoxy groups -OCH3 is 1. The van der Waals surface area contributed by atoms with Gasteiger partial charge in [-0.2, -0.15) is 0 Å². The van der Waals surface area contributed by atoms with Crippen LogP contribution in [0.15, 0.2) is 82.9 Å². The molecule has 140 valence electrons. The van der Waals surface area contributed by atoms with E-state index in [0.717, 1.165) is 17.0 Å². The molecule has 0 spiro atoms. The van der Waals surface area contributed by atoms with Gasteiger partial charge in [0.2, 0.25) is 0 Å². The van der Waals surface area contributed by atoms with E-state index in [9.17, 15) is 4.79 Å². The Morgan fingerprint density at radius 2 is 1.79 bits per heavy atom. The van der Waals surface area contributed by atoms with Crippen LogP contribution < -0.4 is 10.3 Å². The molecular formula is C22H19N3O2S. The number of hydrogen-bond acceptors (Lipinski definition) is 5. The Hall–Kier alpha value is -3.12. The third-order valence-electron chi connectivity index (χ3n) is 4.40. The summed E-state index contributed by atoms with van der Waals surface area (Å²) in [4.78, 5) is 22.2. The van der Waals surface area contributed by atoms with Crippen molar-refractivity contribution in [1.82, 2.24) is 14.5 Å². The molecule has 0 amide bonds. The zero-order valence-corrected chi connectivity index (χ0v) is 16.2. The van der Waals surface area contributed by atoms with Crippen molar-refractivity contribution in [3.63, 3.8) is 0 Å². The minimum Gasteiger partial charge on any atom is -0.497 e. The Morgan fingerprint density at radius 1 is 1.00 bits per heavy atom. The Bertz CT molecular complexity index is 1140. The number of pyridine rings is 1. The van der Waals surface area contributed by atoms with Crippen molar-refractivity contribution in [2.75, 3.05) is 7.11 Å². The number of para-hydroxylation sites is 1. The van der Waals surface area contributed by atoms with Crippen LogP contribution in [0.3, 0.4) is 0 Å². The minimum absolute atomic E-state index is 0.0477. The van der Waals surface area contributed by atoms with Crippen molar-refractivity contribution in [3.8, 4) is 5.75 Å². The molecule has 0 radical (unpaired) electrons. The van der Waals surface area contributed by atoms with Gasteiger partial charge < -0.3 is 4.74 Å². The second kappa shape index (κ2) is 8.27. The highest BCUT2D eigenvalue weighted by Gasteiger charge is 2.12. The Balaban J connectivity index is 1.70. The van der Waals surface area contributed by atoms with Gasteiger partial charge in [-0.25, -0.2) is 4.98 Å². The predicted molar refractivity (Wildman–Crippen MR) is 112 cm³/mol. The minimum atomic E-state index is -0.0477. The largest absolute Gasteiger partial charge is 0.497 e. The summed E-state index contributed by atoms with van der Waals surface area (Å²) in [5.41, 5.74) is 2.63. The van der Waals surface area contributed by atoms with Crippen LogP contribution in [-0.2, 0) is 12.3 Å². The van der Waals surface area contributed by atoms with Crippen molar-refractivity contribution in [2.24, 2.45) is 0 Å². The van der Waals surface area contributed by atoms with E-state index in [2.05, 4.69) is 4.98 Å².